The minimum Gasteiger partial charge on any atom is -0.495 e. The normalized spacial score (nSPS) is 10.5. The number of carbonyl (C=O) groups is 1. The molecule has 1 aromatic rings. The summed E-state index contributed by atoms with van der Waals surface area (Å²) in [6.07, 6.45) is 0. The fourth-order valence-corrected chi connectivity index (χ4v) is 1.73. The third-order valence-electron chi connectivity index (χ3n) is 2.30. The van der Waals surface area contributed by atoms with Crippen molar-refractivity contribution in [2.24, 2.45) is 5.92 Å². The number of carbonyl (C=O) groups excluding carboxylic acids is 1. The van der Waals surface area contributed by atoms with E-state index >= 15 is 0 Å². The molecule has 17 heavy (non-hydrogen) atoms. The molecule has 0 saturated carbocycles. The van der Waals surface area contributed by atoms with Gasteiger partial charge in [0.2, 0.25) is 5.91 Å². The van der Waals surface area contributed by atoms with Crippen LogP contribution in [0.1, 0.15) is 19.4 Å². The number of hydrogen-bond donors (Lipinski definition) is 1. The van der Waals surface area contributed by atoms with Gasteiger partial charge < -0.3 is 10.1 Å². The first-order chi connectivity index (χ1) is 7.95. The Labute approximate surface area is 111 Å². The Morgan fingerprint density at radius 3 is 2.53 bits per heavy atom. The molecule has 0 atom stereocenters. The molecule has 1 N–H and O–H groups in total. The Morgan fingerprint density at radius 2 is 2.00 bits per heavy atom. The van der Waals surface area contributed by atoms with Gasteiger partial charge in [-0.2, -0.15) is 0 Å². The Kier molecular flexibility index (Phi) is 5.09. The average molecular weight is 276 g/mol. The smallest absolute Gasteiger partial charge is 0.222 e. The van der Waals surface area contributed by atoms with E-state index in [-0.39, 0.29) is 11.8 Å². The van der Waals surface area contributed by atoms with Gasteiger partial charge in [0.05, 0.1) is 12.1 Å². The maximum Gasteiger partial charge on any atom is 0.222 e. The van der Waals surface area contributed by atoms with Crippen LogP contribution in [-0.4, -0.2) is 13.0 Å². The summed E-state index contributed by atoms with van der Waals surface area (Å²) >= 11 is 12.0. The van der Waals surface area contributed by atoms with Crippen LogP contribution < -0.4 is 10.1 Å². The van der Waals surface area contributed by atoms with Crippen LogP contribution in [0.3, 0.4) is 0 Å². The molecule has 0 bridgehead atoms. The van der Waals surface area contributed by atoms with Crippen molar-refractivity contribution < 1.29 is 9.53 Å². The number of nitrogens with one attached hydrogen (secondary N) is 1. The van der Waals surface area contributed by atoms with Crippen molar-refractivity contribution in [3.05, 3.63) is 27.7 Å². The van der Waals surface area contributed by atoms with Crippen molar-refractivity contribution in [1.29, 1.82) is 0 Å². The maximum atomic E-state index is 11.4. The summed E-state index contributed by atoms with van der Waals surface area (Å²) in [4.78, 5) is 11.4. The fraction of sp³-hybridized carbons (Fsp3) is 0.417. The van der Waals surface area contributed by atoms with E-state index in [1.165, 1.54) is 7.11 Å². The topological polar surface area (TPSA) is 38.3 Å². The second-order valence-electron chi connectivity index (χ2n) is 3.95. The van der Waals surface area contributed by atoms with Crippen molar-refractivity contribution >= 4 is 29.1 Å². The highest BCUT2D eigenvalue weighted by atomic mass is 35.5. The summed E-state index contributed by atoms with van der Waals surface area (Å²) in [5, 5.41) is 3.78. The molecular formula is C12H15Cl2NO2. The van der Waals surface area contributed by atoms with E-state index in [0.29, 0.717) is 22.3 Å². The van der Waals surface area contributed by atoms with Crippen LogP contribution in [0.2, 0.25) is 10.0 Å². The SMILES string of the molecule is COc1cc(Cl)c(CNC(=O)C(C)C)cc1Cl. The fourth-order valence-electron chi connectivity index (χ4n) is 1.25. The van der Waals surface area contributed by atoms with E-state index in [2.05, 4.69) is 5.32 Å². The van der Waals surface area contributed by atoms with E-state index in [4.69, 9.17) is 27.9 Å². The molecule has 1 rings (SSSR count). The van der Waals surface area contributed by atoms with E-state index in [9.17, 15) is 4.79 Å². The van der Waals surface area contributed by atoms with Crippen LogP contribution in [-0.2, 0) is 11.3 Å². The zero-order chi connectivity index (χ0) is 13.0. The standard InChI is InChI=1S/C12H15Cl2NO2/c1-7(2)12(16)15-6-8-4-10(14)11(17-3)5-9(8)13/h4-5,7H,6H2,1-3H3,(H,15,16). The number of methoxy groups -OCH3 is 1. The molecule has 1 aromatic carbocycles. The monoisotopic (exact) mass is 275 g/mol. The van der Waals surface area contributed by atoms with Crippen molar-refractivity contribution in [3.8, 4) is 5.75 Å². The second kappa shape index (κ2) is 6.12. The summed E-state index contributed by atoms with van der Waals surface area (Å²) < 4.78 is 5.04. The van der Waals surface area contributed by atoms with Crippen LogP contribution in [0.5, 0.6) is 5.75 Å². The Hall–Kier alpha value is -0.930. The van der Waals surface area contributed by atoms with Gasteiger partial charge >= 0.3 is 0 Å². The largest absolute Gasteiger partial charge is 0.495 e. The van der Waals surface area contributed by atoms with Crippen molar-refractivity contribution in [2.75, 3.05) is 7.11 Å². The molecule has 0 unspecified atom stereocenters. The third-order valence-corrected chi connectivity index (χ3v) is 2.95. The summed E-state index contributed by atoms with van der Waals surface area (Å²) in [6, 6.07) is 3.34. The molecule has 5 heteroatoms. The quantitative estimate of drug-likeness (QED) is 0.916. The van der Waals surface area contributed by atoms with Crippen molar-refractivity contribution in [2.45, 2.75) is 20.4 Å². The Morgan fingerprint density at radius 1 is 1.35 bits per heavy atom. The predicted octanol–water partition coefficient (Wildman–Crippen LogP) is 3.27. The molecule has 0 spiro atoms. The molecule has 1 amide bonds. The maximum absolute atomic E-state index is 11.4. The summed E-state index contributed by atoms with van der Waals surface area (Å²) in [6.45, 7) is 4.02. The van der Waals surface area contributed by atoms with Gasteiger partial charge in [-0.15, -0.1) is 0 Å². The van der Waals surface area contributed by atoms with Crippen LogP contribution in [0.15, 0.2) is 12.1 Å². The molecule has 0 aliphatic rings. The van der Waals surface area contributed by atoms with E-state index in [0.717, 1.165) is 5.56 Å². The molecular weight excluding hydrogens is 261 g/mol. The van der Waals surface area contributed by atoms with Crippen LogP contribution in [0.4, 0.5) is 0 Å². The van der Waals surface area contributed by atoms with Gasteiger partial charge in [-0.05, 0) is 11.6 Å². The second-order valence-corrected chi connectivity index (χ2v) is 4.77. The molecule has 0 aromatic heterocycles. The molecule has 94 valence electrons. The average Bonchev–Trinajstić information content (AvgIpc) is 2.29. The minimum atomic E-state index is -0.0532. The van der Waals surface area contributed by atoms with Gasteiger partial charge in [-0.3, -0.25) is 4.79 Å². The summed E-state index contributed by atoms with van der Waals surface area (Å²) in [5.74, 6) is 0.450. The van der Waals surface area contributed by atoms with Crippen molar-refractivity contribution in [3.63, 3.8) is 0 Å². The van der Waals surface area contributed by atoms with Crippen LogP contribution >= 0.6 is 23.2 Å². The van der Waals surface area contributed by atoms with E-state index < -0.39 is 0 Å². The molecule has 0 aliphatic heterocycles. The Bertz CT molecular complexity index is 419. The van der Waals surface area contributed by atoms with Crippen LogP contribution in [0, 0.1) is 5.92 Å². The molecule has 0 radical (unpaired) electrons. The van der Waals surface area contributed by atoms with Crippen LogP contribution in [0.25, 0.3) is 0 Å². The summed E-state index contributed by atoms with van der Waals surface area (Å²) in [5.41, 5.74) is 0.770. The molecule has 0 heterocycles. The number of ether oxygens (including phenoxy) is 1. The molecule has 0 aliphatic carbocycles. The zero-order valence-electron chi connectivity index (χ0n) is 10.0. The molecule has 3 nitrogen and oxygen atoms in total. The molecule has 0 saturated heterocycles. The molecule has 0 fully saturated rings. The van der Waals surface area contributed by atoms with Gasteiger partial charge in [-0.25, -0.2) is 0 Å². The lowest BCUT2D eigenvalue weighted by atomic mass is 10.2. The van der Waals surface area contributed by atoms with Gasteiger partial charge in [0, 0.05) is 23.6 Å². The van der Waals surface area contributed by atoms with Gasteiger partial charge in [-0.1, -0.05) is 37.0 Å². The highest BCUT2D eigenvalue weighted by Crippen LogP contribution is 2.30. The van der Waals surface area contributed by atoms with Gasteiger partial charge in [0.1, 0.15) is 5.75 Å². The number of rotatable bonds is 4. The first kappa shape index (κ1) is 14.1. The number of benzene rings is 1. The Balaban J connectivity index is 2.79. The third kappa shape index (κ3) is 3.79. The van der Waals surface area contributed by atoms with E-state index in [1.54, 1.807) is 12.1 Å². The lowest BCUT2D eigenvalue weighted by Gasteiger charge is -2.11. The highest BCUT2D eigenvalue weighted by molar-refractivity contribution is 6.34. The minimum absolute atomic E-state index is 0.0204. The first-order valence-corrected chi connectivity index (χ1v) is 6.01. The van der Waals surface area contributed by atoms with E-state index in [1.807, 2.05) is 13.8 Å². The van der Waals surface area contributed by atoms with Gasteiger partial charge in [0.25, 0.3) is 0 Å². The lowest BCUT2D eigenvalue weighted by Crippen LogP contribution is -2.27. The predicted molar refractivity (Wildman–Crippen MR) is 69.7 cm³/mol. The number of hydrogen-bond acceptors (Lipinski definition) is 2. The van der Waals surface area contributed by atoms with Gasteiger partial charge in [0.15, 0.2) is 0 Å². The number of halogens is 2. The summed E-state index contributed by atoms with van der Waals surface area (Å²) in [7, 11) is 1.53. The number of amides is 1. The highest BCUT2D eigenvalue weighted by Gasteiger charge is 2.10. The first-order valence-electron chi connectivity index (χ1n) is 5.25. The zero-order valence-corrected chi connectivity index (χ0v) is 11.5. The lowest BCUT2D eigenvalue weighted by molar-refractivity contribution is -0.124. The van der Waals surface area contributed by atoms with Crippen molar-refractivity contribution in [1.82, 2.24) is 5.32 Å².